The van der Waals surface area contributed by atoms with Gasteiger partial charge in [-0.25, -0.2) is 0 Å². The molecule has 1 aliphatic rings. The summed E-state index contributed by atoms with van der Waals surface area (Å²) in [6, 6.07) is 14.7. The number of carbonyl (C=O) groups excluding carboxylic acids is 2. The number of hydrogen-bond donors (Lipinski definition) is 1. The van der Waals surface area contributed by atoms with Crippen molar-refractivity contribution in [1.29, 1.82) is 0 Å². The third-order valence-electron chi connectivity index (χ3n) is 5.30. The number of nitrogens with one attached hydrogen (secondary N) is 1. The van der Waals surface area contributed by atoms with E-state index in [4.69, 9.17) is 9.26 Å². The molecule has 0 bridgehead atoms. The van der Waals surface area contributed by atoms with Crippen molar-refractivity contribution in [2.75, 3.05) is 19.0 Å². The smallest absolute Gasteiger partial charge is 0.258 e. The maximum absolute atomic E-state index is 12.7. The van der Waals surface area contributed by atoms with Gasteiger partial charge in [0.05, 0.1) is 13.0 Å². The van der Waals surface area contributed by atoms with Crippen molar-refractivity contribution in [3.63, 3.8) is 0 Å². The average Bonchev–Trinajstić information content (AvgIpc) is 3.41. The lowest BCUT2D eigenvalue weighted by Gasteiger charge is -2.20. The summed E-state index contributed by atoms with van der Waals surface area (Å²) in [6.07, 6.45) is 0.235. The average molecular weight is 420 g/mol. The van der Waals surface area contributed by atoms with Crippen LogP contribution in [0.1, 0.15) is 20.3 Å². The zero-order valence-electron chi connectivity index (χ0n) is 17.7. The molecule has 1 aliphatic heterocycles. The number of ether oxygens (including phenoxy) is 1. The highest BCUT2D eigenvalue weighted by Gasteiger charge is 2.35. The number of benzene rings is 2. The van der Waals surface area contributed by atoms with Gasteiger partial charge < -0.3 is 19.5 Å². The number of likely N-dealkylation sites (tertiary alicyclic amines) is 1. The fraction of sp³-hybridized carbons (Fsp3) is 0.304. The Morgan fingerprint density at radius 3 is 2.65 bits per heavy atom. The van der Waals surface area contributed by atoms with Gasteiger partial charge in [-0.2, -0.15) is 4.98 Å². The van der Waals surface area contributed by atoms with E-state index in [-0.39, 0.29) is 30.2 Å². The number of hydrogen-bond acceptors (Lipinski definition) is 6. The van der Waals surface area contributed by atoms with Gasteiger partial charge in [-0.15, -0.1) is 0 Å². The third kappa shape index (κ3) is 4.42. The molecule has 0 spiro atoms. The Morgan fingerprint density at radius 2 is 1.97 bits per heavy atom. The summed E-state index contributed by atoms with van der Waals surface area (Å²) in [5, 5.41) is 6.95. The third-order valence-corrected chi connectivity index (χ3v) is 5.30. The van der Waals surface area contributed by atoms with E-state index in [0.717, 1.165) is 11.3 Å². The first-order chi connectivity index (χ1) is 14.9. The van der Waals surface area contributed by atoms with Crippen molar-refractivity contribution in [2.24, 2.45) is 5.92 Å². The standard InChI is InChI=1S/C23H24N4O4/c1-14(2)27-13-17(12-20(27)28)22(29)24-18-6-4-5-16(11-18)23-25-21(26-31-23)15-7-9-19(30-3)10-8-15/h4-11,14,17H,12-13H2,1-3H3,(H,24,29)/t17-/m0/s1. The molecule has 0 unspecified atom stereocenters. The van der Waals surface area contributed by atoms with Gasteiger partial charge in [-0.1, -0.05) is 11.2 Å². The van der Waals surface area contributed by atoms with E-state index in [9.17, 15) is 9.59 Å². The Labute approximate surface area is 180 Å². The molecule has 8 nitrogen and oxygen atoms in total. The lowest BCUT2D eigenvalue weighted by atomic mass is 10.1. The minimum absolute atomic E-state index is 0.0146. The van der Waals surface area contributed by atoms with Crippen LogP contribution in [0.25, 0.3) is 22.8 Å². The highest BCUT2D eigenvalue weighted by Crippen LogP contribution is 2.27. The molecular formula is C23H24N4O4. The number of anilines is 1. The lowest BCUT2D eigenvalue weighted by molar-refractivity contribution is -0.129. The maximum Gasteiger partial charge on any atom is 0.258 e. The Morgan fingerprint density at radius 1 is 1.19 bits per heavy atom. The van der Waals surface area contributed by atoms with Crippen LogP contribution in [0.15, 0.2) is 53.1 Å². The SMILES string of the molecule is COc1ccc(-c2noc(-c3cccc(NC(=O)[C@H]4CC(=O)N(C(C)C)C4)c3)n2)cc1. The molecule has 31 heavy (non-hydrogen) atoms. The molecule has 8 heteroatoms. The number of amides is 2. The van der Waals surface area contributed by atoms with Crippen molar-refractivity contribution in [3.05, 3.63) is 48.5 Å². The molecule has 1 saturated heterocycles. The number of methoxy groups -OCH3 is 1. The zero-order chi connectivity index (χ0) is 22.0. The second-order valence-electron chi connectivity index (χ2n) is 7.76. The van der Waals surface area contributed by atoms with Crippen LogP contribution in [0.4, 0.5) is 5.69 Å². The van der Waals surface area contributed by atoms with Crippen LogP contribution in [0.5, 0.6) is 5.75 Å². The van der Waals surface area contributed by atoms with E-state index in [1.54, 1.807) is 24.1 Å². The molecule has 0 aliphatic carbocycles. The Hall–Kier alpha value is -3.68. The topological polar surface area (TPSA) is 97.6 Å². The minimum Gasteiger partial charge on any atom is -0.497 e. The molecule has 1 fully saturated rings. The fourth-order valence-corrected chi connectivity index (χ4v) is 3.58. The predicted octanol–water partition coefficient (Wildman–Crippen LogP) is 3.61. The predicted molar refractivity (Wildman–Crippen MR) is 115 cm³/mol. The van der Waals surface area contributed by atoms with Crippen molar-refractivity contribution >= 4 is 17.5 Å². The highest BCUT2D eigenvalue weighted by atomic mass is 16.5. The zero-order valence-corrected chi connectivity index (χ0v) is 17.7. The van der Waals surface area contributed by atoms with E-state index in [2.05, 4.69) is 15.5 Å². The van der Waals surface area contributed by atoms with Crippen LogP contribution in [0.3, 0.4) is 0 Å². The number of rotatable bonds is 6. The molecule has 1 atom stereocenters. The van der Waals surface area contributed by atoms with Gasteiger partial charge in [0.25, 0.3) is 5.89 Å². The van der Waals surface area contributed by atoms with Crippen LogP contribution >= 0.6 is 0 Å². The highest BCUT2D eigenvalue weighted by molar-refractivity contribution is 5.97. The molecule has 1 aromatic heterocycles. The second kappa shape index (κ2) is 8.59. The van der Waals surface area contributed by atoms with Crippen molar-refractivity contribution < 1.29 is 18.8 Å². The number of aromatic nitrogens is 2. The molecule has 160 valence electrons. The lowest BCUT2D eigenvalue weighted by Crippen LogP contribution is -2.33. The normalized spacial score (nSPS) is 16.1. The molecule has 4 rings (SSSR count). The van der Waals surface area contributed by atoms with E-state index in [0.29, 0.717) is 29.5 Å². The second-order valence-corrected chi connectivity index (χ2v) is 7.76. The Kier molecular flexibility index (Phi) is 5.70. The summed E-state index contributed by atoms with van der Waals surface area (Å²) in [4.78, 5) is 31.0. The summed E-state index contributed by atoms with van der Waals surface area (Å²) < 4.78 is 10.6. The Balaban J connectivity index is 1.47. The summed E-state index contributed by atoms with van der Waals surface area (Å²) in [5.41, 5.74) is 2.11. The molecule has 2 aromatic carbocycles. The summed E-state index contributed by atoms with van der Waals surface area (Å²) in [6.45, 7) is 4.34. The van der Waals surface area contributed by atoms with Gasteiger partial charge in [0.1, 0.15) is 5.75 Å². The number of carbonyl (C=O) groups is 2. The van der Waals surface area contributed by atoms with Crippen LogP contribution in [0, 0.1) is 5.92 Å². The van der Waals surface area contributed by atoms with Crippen LogP contribution < -0.4 is 10.1 Å². The molecular weight excluding hydrogens is 396 g/mol. The molecule has 2 heterocycles. The van der Waals surface area contributed by atoms with E-state index in [1.807, 2.05) is 50.2 Å². The molecule has 1 N–H and O–H groups in total. The maximum atomic E-state index is 12.7. The van der Waals surface area contributed by atoms with Gasteiger partial charge in [0, 0.05) is 35.8 Å². The van der Waals surface area contributed by atoms with E-state index in [1.165, 1.54) is 0 Å². The van der Waals surface area contributed by atoms with Crippen molar-refractivity contribution in [3.8, 4) is 28.6 Å². The van der Waals surface area contributed by atoms with Gasteiger partial charge in [0.2, 0.25) is 17.6 Å². The Bertz CT molecular complexity index is 1090. The summed E-state index contributed by atoms with van der Waals surface area (Å²) in [5.74, 6) is 1.05. The monoisotopic (exact) mass is 420 g/mol. The van der Waals surface area contributed by atoms with Gasteiger partial charge >= 0.3 is 0 Å². The van der Waals surface area contributed by atoms with Crippen LogP contribution in [-0.4, -0.2) is 46.6 Å². The molecule has 2 amide bonds. The fourth-order valence-electron chi connectivity index (χ4n) is 3.58. The van der Waals surface area contributed by atoms with Crippen LogP contribution in [-0.2, 0) is 9.59 Å². The quantitative estimate of drug-likeness (QED) is 0.654. The van der Waals surface area contributed by atoms with Crippen LogP contribution in [0.2, 0.25) is 0 Å². The summed E-state index contributed by atoms with van der Waals surface area (Å²) >= 11 is 0. The first kappa shape index (κ1) is 20.6. The van der Waals surface area contributed by atoms with E-state index < -0.39 is 0 Å². The first-order valence-electron chi connectivity index (χ1n) is 10.1. The van der Waals surface area contributed by atoms with Crippen molar-refractivity contribution in [1.82, 2.24) is 15.0 Å². The summed E-state index contributed by atoms with van der Waals surface area (Å²) in [7, 11) is 1.61. The van der Waals surface area contributed by atoms with Gasteiger partial charge in [-0.05, 0) is 56.3 Å². The molecule has 0 saturated carbocycles. The van der Waals surface area contributed by atoms with Crippen molar-refractivity contribution in [2.45, 2.75) is 26.3 Å². The molecule has 3 aromatic rings. The van der Waals surface area contributed by atoms with Gasteiger partial charge in [0.15, 0.2) is 0 Å². The van der Waals surface area contributed by atoms with E-state index >= 15 is 0 Å². The molecule has 0 radical (unpaired) electrons. The minimum atomic E-state index is -0.358. The number of nitrogens with zero attached hydrogens (tertiary/aromatic N) is 3. The van der Waals surface area contributed by atoms with Gasteiger partial charge in [-0.3, -0.25) is 9.59 Å². The largest absolute Gasteiger partial charge is 0.497 e. The first-order valence-corrected chi connectivity index (χ1v) is 10.1.